The van der Waals surface area contributed by atoms with Crippen LogP contribution < -0.4 is 0 Å². The normalized spacial score (nSPS) is 19.1. The minimum Gasteiger partial charge on any atom is -0.385 e. The van der Waals surface area contributed by atoms with Crippen molar-refractivity contribution in [2.45, 2.75) is 79.3 Å². The third-order valence-corrected chi connectivity index (χ3v) is 5.85. The van der Waals surface area contributed by atoms with Crippen molar-refractivity contribution >= 4 is 16.7 Å². The first-order valence-electron chi connectivity index (χ1n) is 11.7. The molecule has 0 amide bonds. The average Bonchev–Trinajstić information content (AvgIpc) is 3.30. The standard InChI is InChI=1S/C12H16N2.C11H20N2.C3H8O/c1-12(2,3)11-13-9-7-5-6-8-10(9)14(11)4;1-11(2,3)9-8-13-7-5-4-6-10(13)12-9;1-3-4-2/h5-8H,1-4H3;10H,4-8H2,1-3H3;3H2,1-2H3. The van der Waals surface area contributed by atoms with Crippen LogP contribution >= 0.6 is 0 Å². The van der Waals surface area contributed by atoms with Crippen molar-refractivity contribution < 1.29 is 4.74 Å². The fourth-order valence-corrected chi connectivity index (χ4v) is 3.96. The number of rotatable bonds is 1. The van der Waals surface area contributed by atoms with E-state index in [2.05, 4.69) is 86.0 Å². The molecule has 1 fully saturated rings. The molecule has 2 aliphatic heterocycles. The Bertz CT molecular complexity index is 852. The monoisotopic (exact) mass is 428 g/mol. The van der Waals surface area contributed by atoms with Crippen molar-refractivity contribution in [3.63, 3.8) is 0 Å². The van der Waals surface area contributed by atoms with Gasteiger partial charge in [-0.25, -0.2) is 4.98 Å². The van der Waals surface area contributed by atoms with Gasteiger partial charge in [0.05, 0.1) is 11.0 Å². The number of nitrogens with zero attached hydrogens (tertiary/aromatic N) is 4. The molecular weight excluding hydrogens is 384 g/mol. The van der Waals surface area contributed by atoms with Gasteiger partial charge in [-0.05, 0) is 38.3 Å². The van der Waals surface area contributed by atoms with Gasteiger partial charge in [-0.1, -0.05) is 53.7 Å². The summed E-state index contributed by atoms with van der Waals surface area (Å²) in [5.74, 6) is 1.14. The lowest BCUT2D eigenvalue weighted by molar-refractivity contribution is 0.194. The topological polar surface area (TPSA) is 42.6 Å². The van der Waals surface area contributed by atoms with E-state index in [1.54, 1.807) is 7.11 Å². The summed E-state index contributed by atoms with van der Waals surface area (Å²) in [7, 11) is 3.76. The van der Waals surface area contributed by atoms with Gasteiger partial charge in [0.2, 0.25) is 0 Å². The third-order valence-electron chi connectivity index (χ3n) is 5.85. The van der Waals surface area contributed by atoms with Crippen molar-refractivity contribution in [2.24, 2.45) is 17.5 Å². The second-order valence-electron chi connectivity index (χ2n) is 10.6. The molecule has 0 saturated carbocycles. The molecular formula is C26H44N4O. The third kappa shape index (κ3) is 6.88. The average molecular weight is 429 g/mol. The quantitative estimate of drug-likeness (QED) is 0.574. The number of aromatic nitrogens is 2. The molecule has 5 nitrogen and oxygen atoms in total. The summed E-state index contributed by atoms with van der Waals surface area (Å²) in [6.45, 7) is 18.5. The molecule has 5 heteroatoms. The van der Waals surface area contributed by atoms with Crippen LogP contribution in [0.2, 0.25) is 0 Å². The van der Waals surface area contributed by atoms with E-state index in [0.717, 1.165) is 24.5 Å². The van der Waals surface area contributed by atoms with Crippen LogP contribution in [0, 0.1) is 5.41 Å². The van der Waals surface area contributed by atoms with E-state index in [9.17, 15) is 0 Å². The van der Waals surface area contributed by atoms with Crippen LogP contribution in [0.25, 0.3) is 11.0 Å². The molecule has 1 atom stereocenters. The Morgan fingerprint density at radius 3 is 2.19 bits per heavy atom. The van der Waals surface area contributed by atoms with E-state index >= 15 is 0 Å². The van der Waals surface area contributed by atoms with Crippen LogP contribution in [0.15, 0.2) is 29.3 Å². The minimum atomic E-state index is 0.105. The summed E-state index contributed by atoms with van der Waals surface area (Å²) >= 11 is 0. The van der Waals surface area contributed by atoms with E-state index in [4.69, 9.17) is 4.99 Å². The maximum atomic E-state index is 4.82. The van der Waals surface area contributed by atoms with Crippen molar-refractivity contribution in [1.29, 1.82) is 0 Å². The number of aliphatic imine (C=N–C) groups is 1. The molecule has 1 aromatic heterocycles. The molecule has 2 aliphatic rings. The molecule has 2 aromatic rings. The molecule has 1 saturated heterocycles. The molecule has 0 N–H and O–H groups in total. The molecule has 1 aromatic carbocycles. The number of aryl methyl sites for hydroxylation is 1. The van der Waals surface area contributed by atoms with E-state index in [1.807, 2.05) is 13.0 Å². The largest absolute Gasteiger partial charge is 0.385 e. The molecule has 3 heterocycles. The summed E-state index contributed by atoms with van der Waals surface area (Å²) in [6.07, 6.45) is 4.54. The Balaban J connectivity index is 0.000000189. The predicted octanol–water partition coefficient (Wildman–Crippen LogP) is 5.82. The Labute approximate surface area is 189 Å². The van der Waals surface area contributed by atoms with E-state index < -0.39 is 0 Å². The van der Waals surface area contributed by atoms with Gasteiger partial charge < -0.3 is 9.30 Å². The molecule has 174 valence electrons. The molecule has 31 heavy (non-hydrogen) atoms. The van der Waals surface area contributed by atoms with Gasteiger partial charge in [0.15, 0.2) is 0 Å². The van der Waals surface area contributed by atoms with Gasteiger partial charge in [0.1, 0.15) is 12.0 Å². The molecule has 0 bridgehead atoms. The Kier molecular flexibility index (Phi) is 8.84. The molecule has 0 radical (unpaired) electrons. The highest BCUT2D eigenvalue weighted by atomic mass is 16.5. The van der Waals surface area contributed by atoms with Gasteiger partial charge >= 0.3 is 0 Å². The summed E-state index contributed by atoms with van der Waals surface area (Å²) in [6, 6.07) is 8.25. The molecule has 0 aliphatic carbocycles. The summed E-state index contributed by atoms with van der Waals surface area (Å²) in [5.41, 5.74) is 4.07. The Morgan fingerprint density at radius 2 is 1.68 bits per heavy atom. The summed E-state index contributed by atoms with van der Waals surface area (Å²) in [5, 5.41) is 0. The number of para-hydroxylation sites is 2. The van der Waals surface area contributed by atoms with Crippen LogP contribution in [0.3, 0.4) is 0 Å². The lowest BCUT2D eigenvalue weighted by Crippen LogP contribution is -2.36. The number of ether oxygens (including phenoxy) is 1. The smallest absolute Gasteiger partial charge is 0.115 e. The van der Waals surface area contributed by atoms with Crippen molar-refractivity contribution in [3.8, 4) is 0 Å². The highest BCUT2D eigenvalue weighted by molar-refractivity contribution is 5.92. The van der Waals surface area contributed by atoms with Gasteiger partial charge in [-0.3, -0.25) is 9.89 Å². The number of imidazole rings is 1. The van der Waals surface area contributed by atoms with Gasteiger partial charge in [0.25, 0.3) is 0 Å². The van der Waals surface area contributed by atoms with Crippen molar-refractivity contribution in [3.05, 3.63) is 30.1 Å². The fraction of sp³-hybridized carbons (Fsp3) is 0.692. The van der Waals surface area contributed by atoms with E-state index in [-0.39, 0.29) is 10.8 Å². The second kappa shape index (κ2) is 10.7. The van der Waals surface area contributed by atoms with Crippen molar-refractivity contribution in [1.82, 2.24) is 14.5 Å². The van der Waals surface area contributed by atoms with Crippen LogP contribution in [0.4, 0.5) is 0 Å². The number of methoxy groups -OCH3 is 1. The van der Waals surface area contributed by atoms with Crippen LogP contribution in [0.1, 0.15) is 73.6 Å². The predicted molar refractivity (Wildman–Crippen MR) is 133 cm³/mol. The Hall–Kier alpha value is -1.72. The lowest BCUT2D eigenvalue weighted by atomic mass is 9.90. The zero-order valence-electron chi connectivity index (χ0n) is 21.3. The van der Waals surface area contributed by atoms with Crippen LogP contribution in [-0.2, 0) is 17.2 Å². The van der Waals surface area contributed by atoms with Gasteiger partial charge in [0, 0.05) is 50.4 Å². The summed E-state index contributed by atoms with van der Waals surface area (Å²) in [4.78, 5) is 12.0. The fourth-order valence-electron chi connectivity index (χ4n) is 3.96. The number of hydrogen-bond donors (Lipinski definition) is 0. The zero-order chi connectivity index (χ0) is 23.2. The first-order valence-corrected chi connectivity index (χ1v) is 11.7. The number of fused-ring (bicyclic) bond motifs is 2. The lowest BCUT2D eigenvalue weighted by Gasteiger charge is -2.27. The SMILES string of the molecule is CC(C)(C)C1=NC2CCCCN2C1.CCOC.Cn1c(C(C)(C)C)nc2ccccc21. The second-order valence-corrected chi connectivity index (χ2v) is 10.6. The van der Waals surface area contributed by atoms with Gasteiger partial charge in [-0.2, -0.15) is 0 Å². The minimum absolute atomic E-state index is 0.105. The maximum absolute atomic E-state index is 4.82. The highest BCUT2D eigenvalue weighted by Crippen LogP contribution is 2.28. The summed E-state index contributed by atoms with van der Waals surface area (Å²) < 4.78 is 6.72. The number of piperidine rings is 1. The van der Waals surface area contributed by atoms with Gasteiger partial charge in [-0.15, -0.1) is 0 Å². The van der Waals surface area contributed by atoms with Crippen molar-refractivity contribution in [2.75, 3.05) is 26.8 Å². The van der Waals surface area contributed by atoms with E-state index in [0.29, 0.717) is 6.17 Å². The first kappa shape index (κ1) is 25.5. The zero-order valence-corrected chi connectivity index (χ0v) is 21.3. The van der Waals surface area contributed by atoms with Crippen LogP contribution in [-0.4, -0.2) is 53.1 Å². The number of benzene rings is 1. The number of hydrogen-bond acceptors (Lipinski definition) is 4. The Morgan fingerprint density at radius 1 is 1.03 bits per heavy atom. The molecule has 1 unspecified atom stereocenters. The van der Waals surface area contributed by atoms with Crippen LogP contribution in [0.5, 0.6) is 0 Å². The molecule has 4 rings (SSSR count). The van der Waals surface area contributed by atoms with E-state index in [1.165, 1.54) is 37.0 Å². The highest BCUT2D eigenvalue weighted by Gasteiger charge is 2.33. The first-order chi connectivity index (χ1) is 14.5. The maximum Gasteiger partial charge on any atom is 0.115 e. The molecule has 0 spiro atoms.